The van der Waals surface area contributed by atoms with E-state index in [2.05, 4.69) is 40.1 Å². The van der Waals surface area contributed by atoms with Crippen molar-refractivity contribution >= 4 is 47.2 Å². The lowest BCUT2D eigenvalue weighted by Crippen LogP contribution is -2.45. The molecule has 5 nitrogen and oxygen atoms in total. The van der Waals surface area contributed by atoms with Gasteiger partial charge in [-0.25, -0.2) is 0 Å². The zero-order valence-corrected chi connectivity index (χ0v) is 19.3. The molecule has 2 aromatic rings. The van der Waals surface area contributed by atoms with Crippen LogP contribution < -0.4 is 10.6 Å². The lowest BCUT2D eigenvalue weighted by molar-refractivity contribution is -0.130. The van der Waals surface area contributed by atoms with E-state index in [4.69, 9.17) is 0 Å². The molecular weight excluding hydrogens is 471 g/mol. The van der Waals surface area contributed by atoms with Gasteiger partial charge in [-0.2, -0.15) is 0 Å². The molecule has 0 radical (unpaired) electrons. The van der Waals surface area contributed by atoms with Gasteiger partial charge in [-0.05, 0) is 23.9 Å². The van der Waals surface area contributed by atoms with E-state index in [0.29, 0.717) is 25.0 Å². The molecule has 1 amide bonds. The van der Waals surface area contributed by atoms with Gasteiger partial charge in [0.15, 0.2) is 5.96 Å². The van der Waals surface area contributed by atoms with Crippen molar-refractivity contribution in [2.24, 2.45) is 4.99 Å². The van der Waals surface area contributed by atoms with Crippen LogP contribution in [0.15, 0.2) is 52.8 Å². The molecule has 1 atom stereocenters. The first-order chi connectivity index (χ1) is 12.6. The van der Waals surface area contributed by atoms with E-state index < -0.39 is 0 Å². The molecule has 1 heterocycles. The average Bonchev–Trinajstić information content (AvgIpc) is 3.21. The molecule has 148 valence electrons. The van der Waals surface area contributed by atoms with Gasteiger partial charge >= 0.3 is 0 Å². The number of nitrogens with zero attached hydrogens (tertiary/aromatic N) is 2. The number of aliphatic imine (C=N–C) groups is 1. The Bertz CT molecular complexity index is 691. The number of hydrogen-bond donors (Lipinski definition) is 2. The number of carbonyl (C=O) groups excluding carboxylic acids is 1. The molecule has 27 heavy (non-hydrogen) atoms. The third kappa shape index (κ3) is 7.88. The Hall–Kier alpha value is -1.61. The molecule has 0 saturated heterocycles. The van der Waals surface area contributed by atoms with Gasteiger partial charge in [0.2, 0.25) is 5.91 Å². The zero-order chi connectivity index (χ0) is 18.8. The summed E-state index contributed by atoms with van der Waals surface area (Å²) in [5, 5.41) is 8.50. The van der Waals surface area contributed by atoms with Gasteiger partial charge in [0.25, 0.3) is 0 Å². The molecule has 0 spiro atoms. The summed E-state index contributed by atoms with van der Waals surface area (Å²) in [7, 11) is 1.72. The highest BCUT2D eigenvalue weighted by Gasteiger charge is 2.13. The van der Waals surface area contributed by atoms with Gasteiger partial charge in [-0.15, -0.1) is 35.3 Å². The molecule has 1 aromatic heterocycles. The second-order valence-corrected chi connectivity index (χ2v) is 7.10. The van der Waals surface area contributed by atoms with Crippen LogP contribution >= 0.6 is 35.3 Å². The van der Waals surface area contributed by atoms with Gasteiger partial charge in [0.1, 0.15) is 0 Å². The summed E-state index contributed by atoms with van der Waals surface area (Å²) in [6, 6.07) is 14.2. The van der Waals surface area contributed by atoms with Crippen LogP contribution in [-0.4, -0.2) is 43.4 Å². The maximum Gasteiger partial charge on any atom is 0.242 e. The number of rotatable bonds is 8. The van der Waals surface area contributed by atoms with Gasteiger partial charge in [0.05, 0.1) is 6.54 Å². The highest BCUT2D eigenvalue weighted by molar-refractivity contribution is 14.0. The van der Waals surface area contributed by atoms with Crippen LogP contribution in [0.1, 0.15) is 30.2 Å². The topological polar surface area (TPSA) is 56.7 Å². The minimum atomic E-state index is 0. The first-order valence-electron chi connectivity index (χ1n) is 8.93. The number of carbonyl (C=O) groups is 1. The summed E-state index contributed by atoms with van der Waals surface area (Å²) in [5.74, 6) is 1.11. The van der Waals surface area contributed by atoms with Crippen molar-refractivity contribution in [2.75, 3.05) is 26.7 Å². The summed E-state index contributed by atoms with van der Waals surface area (Å²) < 4.78 is 0. The number of hydrogen-bond acceptors (Lipinski definition) is 3. The standard InChI is InChI=1S/C20H28N4OS.HI/c1-4-24(15-17-9-6-5-7-10-17)19(25)14-23-20(21-3)22-13-16(2)18-11-8-12-26-18;/h5-12,16H,4,13-15H2,1-3H3,(H2,21,22,23);1H. The normalized spacial score (nSPS) is 12.0. The number of amides is 1. The lowest BCUT2D eigenvalue weighted by atomic mass is 10.1. The Morgan fingerprint density at radius 1 is 1.19 bits per heavy atom. The van der Waals surface area contributed by atoms with Crippen molar-refractivity contribution in [1.82, 2.24) is 15.5 Å². The van der Waals surface area contributed by atoms with Gasteiger partial charge in [0, 0.05) is 37.5 Å². The average molecular weight is 500 g/mol. The number of guanidine groups is 1. The molecule has 0 fully saturated rings. The van der Waals surface area contributed by atoms with E-state index in [1.54, 1.807) is 18.4 Å². The number of halogens is 1. The van der Waals surface area contributed by atoms with Crippen molar-refractivity contribution in [3.8, 4) is 0 Å². The fourth-order valence-corrected chi connectivity index (χ4v) is 3.38. The zero-order valence-electron chi connectivity index (χ0n) is 16.1. The maximum absolute atomic E-state index is 12.5. The summed E-state index contributed by atoms with van der Waals surface area (Å²) in [6.07, 6.45) is 0. The van der Waals surface area contributed by atoms with E-state index in [1.165, 1.54) is 4.88 Å². The number of benzene rings is 1. The molecule has 2 rings (SSSR count). The molecular formula is C20H29IN4OS. The molecule has 1 aromatic carbocycles. The third-order valence-electron chi connectivity index (χ3n) is 4.19. The summed E-state index contributed by atoms with van der Waals surface area (Å²) in [6.45, 7) is 6.48. The van der Waals surface area contributed by atoms with Gasteiger partial charge in [-0.1, -0.05) is 43.3 Å². The number of thiophene rings is 1. The van der Waals surface area contributed by atoms with Crippen LogP contribution in [0, 0.1) is 0 Å². The molecule has 0 aliphatic heterocycles. The quantitative estimate of drug-likeness (QED) is 0.331. The smallest absolute Gasteiger partial charge is 0.242 e. The summed E-state index contributed by atoms with van der Waals surface area (Å²) in [4.78, 5) is 19.9. The fourth-order valence-electron chi connectivity index (χ4n) is 2.59. The Kier molecular flexibility index (Phi) is 11.0. The Morgan fingerprint density at radius 3 is 2.52 bits per heavy atom. The van der Waals surface area contributed by atoms with Crippen molar-refractivity contribution in [3.63, 3.8) is 0 Å². The Morgan fingerprint density at radius 2 is 1.93 bits per heavy atom. The molecule has 0 bridgehead atoms. The molecule has 2 N–H and O–H groups in total. The van der Waals surface area contributed by atoms with Crippen molar-refractivity contribution in [2.45, 2.75) is 26.3 Å². The first-order valence-corrected chi connectivity index (χ1v) is 9.81. The first kappa shape index (κ1) is 23.4. The van der Waals surface area contributed by atoms with Crippen molar-refractivity contribution in [3.05, 3.63) is 58.3 Å². The summed E-state index contributed by atoms with van der Waals surface area (Å²) in [5.41, 5.74) is 1.13. The second-order valence-electron chi connectivity index (χ2n) is 6.12. The number of likely N-dealkylation sites (N-methyl/N-ethyl adjacent to an activating group) is 1. The third-order valence-corrected chi connectivity index (χ3v) is 5.29. The Balaban J connectivity index is 0.00000364. The minimum absolute atomic E-state index is 0. The minimum Gasteiger partial charge on any atom is -0.356 e. The highest BCUT2D eigenvalue weighted by atomic mass is 127. The van der Waals surface area contributed by atoms with Gasteiger partial charge in [-0.3, -0.25) is 9.79 Å². The molecule has 7 heteroatoms. The molecule has 1 unspecified atom stereocenters. The van der Waals surface area contributed by atoms with E-state index >= 15 is 0 Å². The second kappa shape index (κ2) is 12.7. The predicted molar refractivity (Wildman–Crippen MR) is 125 cm³/mol. The highest BCUT2D eigenvalue weighted by Crippen LogP contribution is 2.19. The van der Waals surface area contributed by atoms with Crippen LogP contribution in [0.25, 0.3) is 0 Å². The van der Waals surface area contributed by atoms with Crippen LogP contribution in [0.3, 0.4) is 0 Å². The van der Waals surface area contributed by atoms with Crippen LogP contribution in [0.2, 0.25) is 0 Å². The SMILES string of the molecule is CCN(Cc1ccccc1)C(=O)CNC(=NC)NCC(C)c1cccs1.I. The van der Waals surface area contributed by atoms with Crippen molar-refractivity contribution in [1.29, 1.82) is 0 Å². The van der Waals surface area contributed by atoms with E-state index in [1.807, 2.05) is 42.2 Å². The predicted octanol–water partition coefficient (Wildman–Crippen LogP) is 3.68. The largest absolute Gasteiger partial charge is 0.356 e. The van der Waals surface area contributed by atoms with Crippen molar-refractivity contribution < 1.29 is 4.79 Å². The molecule has 0 aliphatic carbocycles. The number of nitrogens with one attached hydrogen (secondary N) is 2. The molecule has 0 aliphatic rings. The Labute approximate surface area is 183 Å². The van der Waals surface area contributed by atoms with Gasteiger partial charge < -0.3 is 15.5 Å². The van der Waals surface area contributed by atoms with Crippen LogP contribution in [-0.2, 0) is 11.3 Å². The monoisotopic (exact) mass is 500 g/mol. The lowest BCUT2D eigenvalue weighted by Gasteiger charge is -2.22. The van der Waals surface area contributed by atoms with Crippen LogP contribution in [0.4, 0.5) is 0 Å². The van der Waals surface area contributed by atoms with E-state index in [0.717, 1.165) is 12.1 Å². The van der Waals surface area contributed by atoms with E-state index in [9.17, 15) is 4.79 Å². The van der Waals surface area contributed by atoms with E-state index in [-0.39, 0.29) is 36.4 Å². The van der Waals surface area contributed by atoms with Crippen LogP contribution in [0.5, 0.6) is 0 Å². The fraction of sp³-hybridized carbons (Fsp3) is 0.400. The maximum atomic E-state index is 12.5. The summed E-state index contributed by atoms with van der Waals surface area (Å²) >= 11 is 1.76. The molecule has 0 saturated carbocycles.